The van der Waals surface area contributed by atoms with Gasteiger partial charge in [-0.15, -0.1) is 0 Å². The van der Waals surface area contributed by atoms with Gasteiger partial charge in [-0.05, 0) is 29.8 Å². The van der Waals surface area contributed by atoms with Crippen LogP contribution in [0.1, 0.15) is 22.8 Å². The Labute approximate surface area is 161 Å². The standard InChI is InChI=1S/C18H18FN5O3S/c1-2-22-28(26,27)14-7-8-16(19)15(9-14)18(25)23-17-6-4-3-5-13(17)10-24-12-20-11-21-24/h3-9,11-12,22H,2,10H2,1H3,(H,23,25). The van der Waals surface area contributed by atoms with Crippen molar-refractivity contribution in [2.75, 3.05) is 11.9 Å². The van der Waals surface area contributed by atoms with Crippen molar-refractivity contribution in [3.8, 4) is 0 Å². The zero-order chi connectivity index (χ0) is 20.1. The lowest BCUT2D eigenvalue weighted by Crippen LogP contribution is -2.24. The summed E-state index contributed by atoms with van der Waals surface area (Å²) >= 11 is 0. The van der Waals surface area contributed by atoms with Crippen molar-refractivity contribution in [1.82, 2.24) is 19.5 Å². The lowest BCUT2D eigenvalue weighted by molar-refractivity contribution is 0.102. The van der Waals surface area contributed by atoms with E-state index < -0.39 is 21.7 Å². The van der Waals surface area contributed by atoms with Crippen LogP contribution in [0.2, 0.25) is 0 Å². The number of nitrogens with one attached hydrogen (secondary N) is 2. The van der Waals surface area contributed by atoms with Crippen molar-refractivity contribution in [1.29, 1.82) is 0 Å². The van der Waals surface area contributed by atoms with Gasteiger partial charge in [0.25, 0.3) is 5.91 Å². The van der Waals surface area contributed by atoms with Crippen molar-refractivity contribution < 1.29 is 17.6 Å². The predicted molar refractivity (Wildman–Crippen MR) is 101 cm³/mol. The molecule has 10 heteroatoms. The van der Waals surface area contributed by atoms with E-state index in [4.69, 9.17) is 0 Å². The molecule has 3 rings (SSSR count). The number of hydrogen-bond donors (Lipinski definition) is 2. The fourth-order valence-corrected chi connectivity index (χ4v) is 3.64. The second-order valence-electron chi connectivity index (χ2n) is 5.85. The van der Waals surface area contributed by atoms with Crippen LogP contribution >= 0.6 is 0 Å². The first-order valence-corrected chi connectivity index (χ1v) is 9.90. The molecule has 8 nitrogen and oxygen atoms in total. The molecule has 0 saturated heterocycles. The summed E-state index contributed by atoms with van der Waals surface area (Å²) in [5.74, 6) is -1.57. The van der Waals surface area contributed by atoms with Crippen LogP contribution in [0.5, 0.6) is 0 Å². The molecule has 0 atom stereocenters. The minimum absolute atomic E-state index is 0.177. The van der Waals surface area contributed by atoms with Gasteiger partial charge in [0.1, 0.15) is 18.5 Å². The van der Waals surface area contributed by atoms with Gasteiger partial charge in [-0.25, -0.2) is 27.2 Å². The number of amides is 1. The van der Waals surface area contributed by atoms with Gasteiger partial charge in [-0.2, -0.15) is 5.10 Å². The summed E-state index contributed by atoms with van der Waals surface area (Å²) in [5.41, 5.74) is 0.829. The predicted octanol–water partition coefficient (Wildman–Crippen LogP) is 2.02. The number of anilines is 1. The minimum atomic E-state index is -3.81. The number of para-hydroxylation sites is 1. The van der Waals surface area contributed by atoms with E-state index in [1.165, 1.54) is 12.7 Å². The summed E-state index contributed by atoms with van der Waals surface area (Å²) in [5, 5.41) is 6.65. The normalized spacial score (nSPS) is 11.4. The second-order valence-corrected chi connectivity index (χ2v) is 7.61. The number of hydrogen-bond acceptors (Lipinski definition) is 5. The van der Waals surface area contributed by atoms with Crippen molar-refractivity contribution >= 4 is 21.6 Å². The molecule has 1 heterocycles. The number of carbonyl (C=O) groups excluding carboxylic acids is 1. The molecule has 0 aliphatic rings. The van der Waals surface area contributed by atoms with Crippen LogP contribution in [0.25, 0.3) is 0 Å². The van der Waals surface area contributed by atoms with E-state index in [1.807, 2.05) is 0 Å². The molecule has 0 bridgehead atoms. The lowest BCUT2D eigenvalue weighted by Gasteiger charge is -2.12. The quantitative estimate of drug-likeness (QED) is 0.628. The largest absolute Gasteiger partial charge is 0.322 e. The fourth-order valence-electron chi connectivity index (χ4n) is 2.58. The Balaban J connectivity index is 1.88. The number of halogens is 1. The molecule has 0 unspecified atom stereocenters. The molecule has 0 fully saturated rings. The SMILES string of the molecule is CCNS(=O)(=O)c1ccc(F)c(C(=O)Nc2ccccc2Cn2cncn2)c1. The number of benzene rings is 2. The highest BCUT2D eigenvalue weighted by atomic mass is 32.2. The van der Waals surface area contributed by atoms with E-state index in [0.29, 0.717) is 12.2 Å². The zero-order valence-corrected chi connectivity index (χ0v) is 15.8. The Kier molecular flexibility index (Phi) is 5.81. The highest BCUT2D eigenvalue weighted by Crippen LogP contribution is 2.20. The number of nitrogens with zero attached hydrogens (tertiary/aromatic N) is 3. The molecule has 146 valence electrons. The molecule has 1 aromatic heterocycles. The first kappa shape index (κ1) is 19.6. The van der Waals surface area contributed by atoms with Crippen LogP contribution in [0.3, 0.4) is 0 Å². The number of sulfonamides is 1. The maximum absolute atomic E-state index is 14.2. The highest BCUT2D eigenvalue weighted by molar-refractivity contribution is 7.89. The first-order valence-electron chi connectivity index (χ1n) is 8.41. The molecule has 0 aliphatic heterocycles. The van der Waals surface area contributed by atoms with Crippen molar-refractivity contribution in [3.05, 3.63) is 72.1 Å². The molecule has 3 aromatic rings. The molecule has 2 aromatic carbocycles. The first-order chi connectivity index (χ1) is 13.4. The Morgan fingerprint density at radius 1 is 1.21 bits per heavy atom. The van der Waals surface area contributed by atoms with Gasteiger partial charge in [0.15, 0.2) is 0 Å². The third-order valence-corrected chi connectivity index (χ3v) is 5.43. The van der Waals surface area contributed by atoms with Crippen molar-refractivity contribution in [2.24, 2.45) is 0 Å². The Hall–Kier alpha value is -3.11. The van der Waals surface area contributed by atoms with Crippen LogP contribution in [-0.4, -0.2) is 35.6 Å². The van der Waals surface area contributed by atoms with E-state index in [0.717, 1.165) is 23.8 Å². The zero-order valence-electron chi connectivity index (χ0n) is 15.0. The number of rotatable bonds is 7. The number of aromatic nitrogens is 3. The van der Waals surface area contributed by atoms with E-state index in [9.17, 15) is 17.6 Å². The second kappa shape index (κ2) is 8.28. The summed E-state index contributed by atoms with van der Waals surface area (Å²) in [7, 11) is -3.81. The van der Waals surface area contributed by atoms with Gasteiger partial charge in [0.05, 0.1) is 17.0 Å². The van der Waals surface area contributed by atoms with E-state index in [1.54, 1.807) is 35.9 Å². The smallest absolute Gasteiger partial charge is 0.258 e. The van der Waals surface area contributed by atoms with Crippen LogP contribution in [-0.2, 0) is 16.6 Å². The molecule has 1 amide bonds. The fraction of sp³-hybridized carbons (Fsp3) is 0.167. The van der Waals surface area contributed by atoms with E-state index >= 15 is 0 Å². The summed E-state index contributed by atoms with van der Waals surface area (Å²) < 4.78 is 42.3. The topological polar surface area (TPSA) is 106 Å². The third-order valence-electron chi connectivity index (χ3n) is 3.89. The molecule has 2 N–H and O–H groups in total. The average Bonchev–Trinajstić information content (AvgIpc) is 3.16. The van der Waals surface area contributed by atoms with Crippen LogP contribution in [0, 0.1) is 5.82 Å². The van der Waals surface area contributed by atoms with Gasteiger partial charge >= 0.3 is 0 Å². The van der Waals surface area contributed by atoms with Gasteiger partial charge in [0, 0.05) is 12.2 Å². The summed E-state index contributed by atoms with van der Waals surface area (Å²) in [6.45, 7) is 2.16. The number of carbonyl (C=O) groups is 1. The molecule has 0 spiro atoms. The van der Waals surface area contributed by atoms with Gasteiger partial charge in [-0.3, -0.25) is 4.79 Å². The average molecular weight is 403 g/mol. The maximum atomic E-state index is 14.2. The monoisotopic (exact) mass is 403 g/mol. The summed E-state index contributed by atoms with van der Waals surface area (Å²) in [6.07, 6.45) is 2.93. The Bertz CT molecular complexity index is 1080. The Morgan fingerprint density at radius 3 is 2.71 bits per heavy atom. The van der Waals surface area contributed by atoms with Gasteiger partial charge in [0.2, 0.25) is 10.0 Å². The van der Waals surface area contributed by atoms with Crippen LogP contribution in [0.15, 0.2) is 60.0 Å². The maximum Gasteiger partial charge on any atom is 0.258 e. The summed E-state index contributed by atoms with van der Waals surface area (Å²) in [4.78, 5) is 16.3. The van der Waals surface area contributed by atoms with Crippen LogP contribution in [0.4, 0.5) is 10.1 Å². The molecular weight excluding hydrogens is 385 g/mol. The van der Waals surface area contributed by atoms with Gasteiger partial charge < -0.3 is 5.32 Å². The molecule has 0 saturated carbocycles. The minimum Gasteiger partial charge on any atom is -0.322 e. The van der Waals surface area contributed by atoms with E-state index in [2.05, 4.69) is 20.1 Å². The highest BCUT2D eigenvalue weighted by Gasteiger charge is 2.19. The third kappa shape index (κ3) is 4.41. The Morgan fingerprint density at radius 2 is 2.00 bits per heavy atom. The molecule has 0 aliphatic carbocycles. The summed E-state index contributed by atoms with van der Waals surface area (Å²) in [6, 6.07) is 10.1. The van der Waals surface area contributed by atoms with E-state index in [-0.39, 0.29) is 17.0 Å². The van der Waals surface area contributed by atoms with Crippen LogP contribution < -0.4 is 10.0 Å². The van der Waals surface area contributed by atoms with Crippen molar-refractivity contribution in [3.63, 3.8) is 0 Å². The van der Waals surface area contributed by atoms with Crippen molar-refractivity contribution in [2.45, 2.75) is 18.4 Å². The van der Waals surface area contributed by atoms with Gasteiger partial charge in [-0.1, -0.05) is 25.1 Å². The lowest BCUT2D eigenvalue weighted by atomic mass is 10.1. The molecule has 0 radical (unpaired) electrons. The molecular formula is C18H18FN5O3S. The molecule has 28 heavy (non-hydrogen) atoms.